The van der Waals surface area contributed by atoms with Crippen molar-refractivity contribution in [3.8, 4) is 0 Å². The molecule has 1 aliphatic carbocycles. The highest BCUT2D eigenvalue weighted by Gasteiger charge is 2.32. The molecular formula is C17H20O3S. The Hall–Kier alpha value is -1.26. The van der Waals surface area contributed by atoms with E-state index >= 15 is 0 Å². The van der Waals surface area contributed by atoms with Gasteiger partial charge >= 0.3 is 0 Å². The number of hydrogen-bond donors (Lipinski definition) is 0. The summed E-state index contributed by atoms with van der Waals surface area (Å²) < 4.78 is 10.6. The van der Waals surface area contributed by atoms with Crippen LogP contribution >= 0.6 is 11.8 Å². The van der Waals surface area contributed by atoms with Crippen molar-refractivity contribution in [2.75, 3.05) is 13.4 Å². The van der Waals surface area contributed by atoms with Crippen molar-refractivity contribution in [3.05, 3.63) is 42.2 Å². The summed E-state index contributed by atoms with van der Waals surface area (Å²) in [6.07, 6.45) is 5.76. The van der Waals surface area contributed by atoms with E-state index in [1.54, 1.807) is 11.8 Å². The van der Waals surface area contributed by atoms with Crippen LogP contribution < -0.4 is 0 Å². The van der Waals surface area contributed by atoms with Gasteiger partial charge in [0.05, 0.1) is 17.6 Å². The van der Waals surface area contributed by atoms with Gasteiger partial charge in [-0.3, -0.25) is 4.79 Å². The number of allylic oxidation sites excluding steroid dienone is 1. The van der Waals surface area contributed by atoms with Gasteiger partial charge in [-0.05, 0) is 31.1 Å². The Morgan fingerprint density at radius 2 is 2.05 bits per heavy atom. The number of Topliss-reactive ketones (excluding diaryl/α,β-unsaturated/α-hetero) is 1. The van der Waals surface area contributed by atoms with Crippen LogP contribution in [-0.2, 0) is 14.3 Å². The quantitative estimate of drug-likeness (QED) is 0.847. The highest BCUT2D eigenvalue weighted by Crippen LogP contribution is 2.36. The van der Waals surface area contributed by atoms with E-state index in [0.29, 0.717) is 19.2 Å². The molecule has 112 valence electrons. The predicted octanol–water partition coefficient (Wildman–Crippen LogP) is 3.79. The Morgan fingerprint density at radius 3 is 2.81 bits per heavy atom. The van der Waals surface area contributed by atoms with Crippen LogP contribution in [0.5, 0.6) is 0 Å². The molecule has 0 N–H and O–H groups in total. The molecule has 2 atom stereocenters. The molecule has 2 unspecified atom stereocenters. The monoisotopic (exact) mass is 304 g/mol. The molecule has 0 spiro atoms. The normalized spacial score (nSPS) is 26.1. The summed E-state index contributed by atoms with van der Waals surface area (Å²) in [5, 5.41) is 0.0894. The van der Waals surface area contributed by atoms with E-state index in [0.717, 1.165) is 31.4 Å². The number of ether oxygens (including phenoxy) is 2. The molecular weight excluding hydrogens is 284 g/mol. The first-order chi connectivity index (χ1) is 10.3. The van der Waals surface area contributed by atoms with Gasteiger partial charge in [-0.1, -0.05) is 24.6 Å². The summed E-state index contributed by atoms with van der Waals surface area (Å²) in [6, 6.07) is 10.2. The van der Waals surface area contributed by atoms with Gasteiger partial charge in [0.15, 0.2) is 6.79 Å². The molecule has 1 fully saturated rings. The van der Waals surface area contributed by atoms with E-state index in [-0.39, 0.29) is 11.2 Å². The van der Waals surface area contributed by atoms with Gasteiger partial charge in [-0.25, -0.2) is 0 Å². The molecule has 2 aliphatic rings. The van der Waals surface area contributed by atoms with Crippen molar-refractivity contribution >= 4 is 17.5 Å². The van der Waals surface area contributed by atoms with Crippen molar-refractivity contribution in [1.29, 1.82) is 0 Å². The highest BCUT2D eigenvalue weighted by atomic mass is 32.2. The van der Waals surface area contributed by atoms with E-state index < -0.39 is 0 Å². The third kappa shape index (κ3) is 3.89. The number of carbonyl (C=O) groups excluding carboxylic acids is 1. The van der Waals surface area contributed by atoms with Crippen LogP contribution in [0.25, 0.3) is 0 Å². The van der Waals surface area contributed by atoms with E-state index in [1.165, 1.54) is 4.90 Å². The maximum Gasteiger partial charge on any atom is 0.188 e. The fourth-order valence-corrected chi connectivity index (χ4v) is 4.08. The molecule has 0 radical (unpaired) electrons. The average Bonchev–Trinajstić information content (AvgIpc) is 2.53. The lowest BCUT2D eigenvalue weighted by Gasteiger charge is -2.28. The van der Waals surface area contributed by atoms with Crippen molar-refractivity contribution in [1.82, 2.24) is 0 Å². The van der Waals surface area contributed by atoms with Crippen LogP contribution in [0.15, 0.2) is 47.1 Å². The maximum absolute atomic E-state index is 12.7. The Kier molecular flexibility index (Phi) is 4.99. The minimum absolute atomic E-state index is 0.0894. The lowest BCUT2D eigenvalue weighted by atomic mass is 9.85. The number of hydrogen-bond acceptors (Lipinski definition) is 4. The van der Waals surface area contributed by atoms with Gasteiger partial charge in [0.25, 0.3) is 0 Å². The van der Waals surface area contributed by atoms with Crippen molar-refractivity contribution in [2.24, 2.45) is 5.92 Å². The van der Waals surface area contributed by atoms with Gasteiger partial charge in [0.1, 0.15) is 5.78 Å². The second-order valence-corrected chi connectivity index (χ2v) is 6.73. The van der Waals surface area contributed by atoms with Gasteiger partial charge in [-0.2, -0.15) is 0 Å². The first-order valence-electron chi connectivity index (χ1n) is 7.48. The van der Waals surface area contributed by atoms with Crippen LogP contribution in [0.1, 0.15) is 25.7 Å². The van der Waals surface area contributed by atoms with Crippen LogP contribution in [0.4, 0.5) is 0 Å². The molecule has 1 heterocycles. The summed E-state index contributed by atoms with van der Waals surface area (Å²) in [5.74, 6) is 1.40. The minimum Gasteiger partial charge on any atom is -0.472 e. The number of carbonyl (C=O) groups is 1. The Bertz CT molecular complexity index is 512. The summed E-state index contributed by atoms with van der Waals surface area (Å²) >= 11 is 1.70. The zero-order valence-electron chi connectivity index (χ0n) is 12.0. The summed E-state index contributed by atoms with van der Waals surface area (Å²) in [7, 11) is 0. The summed E-state index contributed by atoms with van der Waals surface area (Å²) in [4.78, 5) is 13.8. The number of ketones is 1. The van der Waals surface area contributed by atoms with Crippen LogP contribution in [0, 0.1) is 5.92 Å². The topological polar surface area (TPSA) is 35.5 Å². The van der Waals surface area contributed by atoms with E-state index in [2.05, 4.69) is 12.1 Å². The Labute approximate surface area is 129 Å². The van der Waals surface area contributed by atoms with Crippen LogP contribution in [0.3, 0.4) is 0 Å². The van der Waals surface area contributed by atoms with Gasteiger partial charge in [0, 0.05) is 17.2 Å². The largest absolute Gasteiger partial charge is 0.472 e. The molecule has 21 heavy (non-hydrogen) atoms. The minimum atomic E-state index is 0.0894. The van der Waals surface area contributed by atoms with Gasteiger partial charge < -0.3 is 9.47 Å². The molecule has 3 nitrogen and oxygen atoms in total. The van der Waals surface area contributed by atoms with E-state index in [4.69, 9.17) is 9.47 Å². The first kappa shape index (κ1) is 14.7. The molecule has 4 heteroatoms. The lowest BCUT2D eigenvalue weighted by Crippen LogP contribution is -2.31. The molecule has 1 aromatic rings. The fraction of sp³-hybridized carbons (Fsp3) is 0.471. The van der Waals surface area contributed by atoms with Crippen molar-refractivity contribution in [2.45, 2.75) is 35.8 Å². The van der Waals surface area contributed by atoms with Gasteiger partial charge in [-0.15, -0.1) is 11.8 Å². The molecule has 0 saturated heterocycles. The average molecular weight is 304 g/mol. The number of benzene rings is 1. The van der Waals surface area contributed by atoms with Gasteiger partial charge in [0.2, 0.25) is 0 Å². The number of thioether (sulfide) groups is 1. The SMILES string of the molecule is O=C1C(CC2=CCOCO2)CCCC1Sc1ccccc1. The predicted molar refractivity (Wildman–Crippen MR) is 83.0 cm³/mol. The van der Waals surface area contributed by atoms with Crippen LogP contribution in [0.2, 0.25) is 0 Å². The first-order valence-corrected chi connectivity index (χ1v) is 8.36. The zero-order chi connectivity index (χ0) is 14.5. The summed E-state index contributed by atoms with van der Waals surface area (Å²) in [5.41, 5.74) is 0. The standard InChI is InChI=1S/C17H20O3S/c18-17-13(11-14-9-10-19-12-20-14)5-4-8-16(17)21-15-6-2-1-3-7-15/h1-3,6-7,9,13,16H,4-5,8,10-12H2. The lowest BCUT2D eigenvalue weighted by molar-refractivity contribution is -0.124. The Balaban J connectivity index is 1.62. The number of rotatable bonds is 4. The third-order valence-corrected chi connectivity index (χ3v) is 5.26. The molecule has 0 amide bonds. The van der Waals surface area contributed by atoms with E-state index in [9.17, 15) is 4.79 Å². The molecule has 1 aliphatic heterocycles. The van der Waals surface area contributed by atoms with Crippen molar-refractivity contribution < 1.29 is 14.3 Å². The molecule has 3 rings (SSSR count). The molecule has 0 aromatic heterocycles. The Morgan fingerprint density at radius 1 is 1.19 bits per heavy atom. The third-order valence-electron chi connectivity index (χ3n) is 3.96. The second-order valence-electron chi connectivity index (χ2n) is 5.46. The zero-order valence-corrected chi connectivity index (χ0v) is 12.8. The fourth-order valence-electron chi connectivity index (χ4n) is 2.84. The maximum atomic E-state index is 12.7. The second kappa shape index (κ2) is 7.14. The molecule has 1 saturated carbocycles. The van der Waals surface area contributed by atoms with Crippen molar-refractivity contribution in [3.63, 3.8) is 0 Å². The molecule has 1 aromatic carbocycles. The highest BCUT2D eigenvalue weighted by molar-refractivity contribution is 8.00. The molecule has 0 bridgehead atoms. The van der Waals surface area contributed by atoms with Crippen LogP contribution in [-0.4, -0.2) is 24.4 Å². The van der Waals surface area contributed by atoms with E-state index in [1.807, 2.05) is 24.3 Å². The smallest absolute Gasteiger partial charge is 0.188 e. The summed E-state index contributed by atoms with van der Waals surface area (Å²) in [6.45, 7) is 0.910.